The molecule has 0 spiro atoms. The van der Waals surface area contributed by atoms with Gasteiger partial charge >= 0.3 is 0 Å². The standard InChI is InChI=1S/C24H25N3O2/c1-4-17-10-12-18(13-11-17)20-21-23(28-16(2)14-25-3)26-15-27-24(21)29-22(20)19-8-6-5-7-9-19/h5-13,15-16,25H,4,14H2,1-3H3/t16-/m1/s1. The largest absolute Gasteiger partial charge is 0.473 e. The summed E-state index contributed by atoms with van der Waals surface area (Å²) in [6, 6.07) is 18.6. The first kappa shape index (κ1) is 19.2. The van der Waals surface area contributed by atoms with Gasteiger partial charge in [-0.25, -0.2) is 9.97 Å². The van der Waals surface area contributed by atoms with E-state index in [1.54, 1.807) is 0 Å². The average molecular weight is 387 g/mol. The SMILES string of the molecule is CCc1ccc(-c2c(-c3ccccc3)oc3ncnc(O[C@H](C)CNC)c23)cc1. The van der Waals surface area contributed by atoms with Crippen molar-refractivity contribution in [2.75, 3.05) is 13.6 Å². The minimum Gasteiger partial charge on any atom is -0.473 e. The lowest BCUT2D eigenvalue weighted by molar-refractivity contribution is 0.214. The molecule has 1 atom stereocenters. The Morgan fingerprint density at radius 3 is 2.45 bits per heavy atom. The molecule has 2 heterocycles. The van der Waals surface area contributed by atoms with E-state index in [1.165, 1.54) is 11.9 Å². The number of likely N-dealkylation sites (N-methyl/N-ethyl adjacent to an activating group) is 1. The van der Waals surface area contributed by atoms with Crippen molar-refractivity contribution in [1.82, 2.24) is 15.3 Å². The van der Waals surface area contributed by atoms with Gasteiger partial charge in [0.2, 0.25) is 11.6 Å². The first-order chi connectivity index (χ1) is 14.2. The van der Waals surface area contributed by atoms with Crippen LogP contribution < -0.4 is 10.1 Å². The van der Waals surface area contributed by atoms with Gasteiger partial charge in [-0.05, 0) is 31.5 Å². The molecule has 0 aliphatic rings. The number of nitrogens with one attached hydrogen (secondary N) is 1. The number of ether oxygens (including phenoxy) is 1. The molecule has 2 aromatic heterocycles. The Morgan fingerprint density at radius 1 is 1.00 bits per heavy atom. The summed E-state index contributed by atoms with van der Waals surface area (Å²) in [5.41, 5.74) is 4.83. The zero-order chi connectivity index (χ0) is 20.2. The van der Waals surface area contributed by atoms with Crippen LogP contribution in [0.4, 0.5) is 0 Å². The van der Waals surface area contributed by atoms with Crippen LogP contribution >= 0.6 is 0 Å². The van der Waals surface area contributed by atoms with Crippen molar-refractivity contribution in [2.24, 2.45) is 0 Å². The third kappa shape index (κ3) is 3.87. The van der Waals surface area contributed by atoms with Gasteiger partial charge in [-0.15, -0.1) is 0 Å². The van der Waals surface area contributed by atoms with Crippen LogP contribution in [0.15, 0.2) is 65.3 Å². The van der Waals surface area contributed by atoms with Gasteiger partial charge in [0.15, 0.2) is 0 Å². The molecule has 29 heavy (non-hydrogen) atoms. The number of aromatic nitrogens is 2. The summed E-state index contributed by atoms with van der Waals surface area (Å²) in [4.78, 5) is 8.82. The second kappa shape index (κ2) is 8.45. The summed E-state index contributed by atoms with van der Waals surface area (Å²) in [5.74, 6) is 1.31. The van der Waals surface area contributed by atoms with Crippen LogP contribution in [0.5, 0.6) is 5.88 Å². The van der Waals surface area contributed by atoms with Gasteiger partial charge in [0.25, 0.3) is 0 Å². The normalized spacial score (nSPS) is 12.2. The summed E-state index contributed by atoms with van der Waals surface area (Å²) < 4.78 is 12.4. The smallest absolute Gasteiger partial charge is 0.234 e. The minimum atomic E-state index is -0.0384. The van der Waals surface area contributed by atoms with E-state index in [0.717, 1.165) is 40.8 Å². The third-order valence-corrected chi connectivity index (χ3v) is 4.94. The topological polar surface area (TPSA) is 60.2 Å². The first-order valence-electron chi connectivity index (χ1n) is 9.94. The number of hydrogen-bond donors (Lipinski definition) is 1. The summed E-state index contributed by atoms with van der Waals surface area (Å²) in [6.07, 6.45) is 2.45. The van der Waals surface area contributed by atoms with E-state index in [-0.39, 0.29) is 6.10 Å². The Bertz CT molecular complexity index is 1090. The molecule has 148 valence electrons. The van der Waals surface area contributed by atoms with E-state index < -0.39 is 0 Å². The highest BCUT2D eigenvalue weighted by atomic mass is 16.5. The maximum absolute atomic E-state index is 6.23. The molecule has 4 rings (SSSR count). The molecular formula is C24H25N3O2. The Kier molecular flexibility index (Phi) is 5.58. The van der Waals surface area contributed by atoms with Crippen molar-refractivity contribution >= 4 is 11.1 Å². The maximum atomic E-state index is 6.23. The van der Waals surface area contributed by atoms with Gasteiger partial charge in [0.05, 0.1) is 0 Å². The fourth-order valence-corrected chi connectivity index (χ4v) is 3.49. The first-order valence-corrected chi connectivity index (χ1v) is 9.94. The molecule has 0 saturated heterocycles. The molecule has 4 aromatic rings. The number of hydrogen-bond acceptors (Lipinski definition) is 5. The van der Waals surface area contributed by atoms with Crippen LogP contribution in [0.2, 0.25) is 0 Å². The number of benzene rings is 2. The van der Waals surface area contributed by atoms with Crippen LogP contribution in [-0.2, 0) is 6.42 Å². The lowest BCUT2D eigenvalue weighted by Crippen LogP contribution is -2.26. The molecular weight excluding hydrogens is 362 g/mol. The van der Waals surface area contributed by atoms with Gasteiger partial charge in [-0.2, -0.15) is 0 Å². The van der Waals surface area contributed by atoms with Crippen LogP contribution in [0.1, 0.15) is 19.4 Å². The number of aryl methyl sites for hydroxylation is 1. The van der Waals surface area contributed by atoms with Crippen molar-refractivity contribution in [3.63, 3.8) is 0 Å². The number of rotatable bonds is 7. The molecule has 5 nitrogen and oxygen atoms in total. The zero-order valence-electron chi connectivity index (χ0n) is 17.0. The number of nitrogens with zero attached hydrogens (tertiary/aromatic N) is 2. The molecule has 2 aromatic carbocycles. The van der Waals surface area contributed by atoms with E-state index in [1.807, 2.05) is 44.3 Å². The van der Waals surface area contributed by atoms with Crippen molar-refractivity contribution < 1.29 is 9.15 Å². The zero-order valence-corrected chi connectivity index (χ0v) is 17.0. The highest BCUT2D eigenvalue weighted by Crippen LogP contribution is 2.43. The van der Waals surface area contributed by atoms with Gasteiger partial charge in [0, 0.05) is 17.7 Å². The van der Waals surface area contributed by atoms with Crippen LogP contribution in [0, 0.1) is 0 Å². The Labute approximate surface area is 170 Å². The predicted octanol–water partition coefficient (Wildman–Crippen LogP) is 5.11. The molecule has 0 aliphatic carbocycles. The van der Waals surface area contributed by atoms with E-state index in [9.17, 15) is 0 Å². The van der Waals surface area contributed by atoms with Crippen molar-refractivity contribution in [2.45, 2.75) is 26.4 Å². The van der Waals surface area contributed by atoms with Gasteiger partial charge in [-0.3, -0.25) is 0 Å². The molecule has 0 radical (unpaired) electrons. The predicted molar refractivity (Wildman–Crippen MR) is 116 cm³/mol. The monoisotopic (exact) mass is 387 g/mol. The fourth-order valence-electron chi connectivity index (χ4n) is 3.49. The number of fused-ring (bicyclic) bond motifs is 1. The Morgan fingerprint density at radius 2 is 1.76 bits per heavy atom. The lowest BCUT2D eigenvalue weighted by atomic mass is 9.98. The molecule has 1 N–H and O–H groups in total. The van der Waals surface area contributed by atoms with Crippen LogP contribution in [0.3, 0.4) is 0 Å². The van der Waals surface area contributed by atoms with E-state index >= 15 is 0 Å². The molecule has 0 fully saturated rings. The summed E-state index contributed by atoms with van der Waals surface area (Å²) >= 11 is 0. The summed E-state index contributed by atoms with van der Waals surface area (Å²) in [6.45, 7) is 4.88. The molecule has 5 heteroatoms. The van der Waals surface area contributed by atoms with Gasteiger partial charge in [-0.1, -0.05) is 61.5 Å². The Hall–Kier alpha value is -3.18. The Balaban J connectivity index is 1.95. The summed E-state index contributed by atoms with van der Waals surface area (Å²) in [7, 11) is 1.90. The second-order valence-electron chi connectivity index (χ2n) is 7.07. The van der Waals surface area contributed by atoms with Crippen molar-refractivity contribution in [3.8, 4) is 28.3 Å². The third-order valence-electron chi connectivity index (χ3n) is 4.94. The minimum absolute atomic E-state index is 0.0384. The molecule has 0 amide bonds. The highest BCUT2D eigenvalue weighted by Gasteiger charge is 2.23. The highest BCUT2D eigenvalue weighted by molar-refractivity contribution is 6.03. The van der Waals surface area contributed by atoms with Gasteiger partial charge < -0.3 is 14.5 Å². The quantitative estimate of drug-likeness (QED) is 0.478. The van der Waals surface area contributed by atoms with E-state index in [0.29, 0.717) is 11.6 Å². The fraction of sp³-hybridized carbons (Fsp3) is 0.250. The second-order valence-corrected chi connectivity index (χ2v) is 7.07. The summed E-state index contributed by atoms with van der Waals surface area (Å²) in [5, 5.41) is 3.94. The number of furan rings is 1. The maximum Gasteiger partial charge on any atom is 0.234 e. The van der Waals surface area contributed by atoms with Crippen molar-refractivity contribution in [3.05, 3.63) is 66.5 Å². The average Bonchev–Trinajstić information content (AvgIpc) is 3.15. The van der Waals surface area contributed by atoms with Gasteiger partial charge in [0.1, 0.15) is 23.6 Å². The van der Waals surface area contributed by atoms with Crippen molar-refractivity contribution in [1.29, 1.82) is 0 Å². The molecule has 0 unspecified atom stereocenters. The lowest BCUT2D eigenvalue weighted by Gasteiger charge is -2.14. The van der Waals surface area contributed by atoms with E-state index in [2.05, 4.69) is 46.5 Å². The van der Waals surface area contributed by atoms with E-state index in [4.69, 9.17) is 9.15 Å². The van der Waals surface area contributed by atoms with Crippen LogP contribution in [0.25, 0.3) is 33.6 Å². The van der Waals surface area contributed by atoms with Crippen LogP contribution in [-0.4, -0.2) is 29.7 Å². The molecule has 0 bridgehead atoms. The molecule has 0 aliphatic heterocycles. The molecule has 0 saturated carbocycles.